The lowest BCUT2D eigenvalue weighted by Gasteiger charge is -2.45. The van der Waals surface area contributed by atoms with E-state index in [9.17, 15) is 10.2 Å². The average Bonchev–Trinajstić information content (AvgIpc) is 3.04. The maximum atomic E-state index is 11.3. The molecule has 6 atom stereocenters. The molecular weight excluding hydrogens is 532 g/mol. The SMILES string of the molecule is O[C@H](COCc1ccccc1)[C@H]1O[C@H](O)[C@H](OCc2ccccc2)[C@@H](OCc2ccccc2)[C@H]1OCc1ccccc1. The van der Waals surface area contributed by atoms with Crippen LogP contribution in [0.4, 0.5) is 0 Å². The molecule has 0 unspecified atom stereocenters. The van der Waals surface area contributed by atoms with Crippen LogP contribution in [0.2, 0.25) is 0 Å². The van der Waals surface area contributed by atoms with Crippen LogP contribution in [0.3, 0.4) is 0 Å². The third kappa shape index (κ3) is 8.56. The molecule has 1 saturated heterocycles. The molecule has 42 heavy (non-hydrogen) atoms. The summed E-state index contributed by atoms with van der Waals surface area (Å²) in [6.45, 7) is 1.09. The fourth-order valence-electron chi connectivity index (χ4n) is 4.98. The van der Waals surface area contributed by atoms with Gasteiger partial charge in [0.2, 0.25) is 0 Å². The van der Waals surface area contributed by atoms with Crippen LogP contribution in [0, 0.1) is 0 Å². The van der Waals surface area contributed by atoms with Crippen molar-refractivity contribution in [3.63, 3.8) is 0 Å². The van der Waals surface area contributed by atoms with Gasteiger partial charge in [-0.3, -0.25) is 0 Å². The van der Waals surface area contributed by atoms with E-state index in [1.165, 1.54) is 0 Å². The standard InChI is InChI=1S/C35H38O7/c36-30(25-38-21-26-13-5-1-6-14-26)31-32(39-22-27-15-7-2-8-16-27)33(40-23-28-17-9-3-10-18-28)34(35(37)42-31)41-24-29-19-11-4-12-20-29/h1-20,30-37H,21-25H2/t30-,31-,32+,33+,34-,35+/m1/s1. The number of aliphatic hydroxyl groups excluding tert-OH is 2. The van der Waals surface area contributed by atoms with Gasteiger partial charge in [-0.2, -0.15) is 0 Å². The monoisotopic (exact) mass is 570 g/mol. The largest absolute Gasteiger partial charge is 0.388 e. The van der Waals surface area contributed by atoms with Crippen LogP contribution in [-0.2, 0) is 50.1 Å². The van der Waals surface area contributed by atoms with E-state index >= 15 is 0 Å². The van der Waals surface area contributed by atoms with E-state index in [0.29, 0.717) is 6.61 Å². The number of ether oxygens (including phenoxy) is 5. The van der Waals surface area contributed by atoms with Gasteiger partial charge < -0.3 is 33.9 Å². The van der Waals surface area contributed by atoms with Crippen LogP contribution in [0.15, 0.2) is 121 Å². The van der Waals surface area contributed by atoms with Crippen LogP contribution in [-0.4, -0.2) is 53.6 Å². The Balaban J connectivity index is 1.36. The molecule has 0 spiro atoms. The summed E-state index contributed by atoms with van der Waals surface area (Å²) in [7, 11) is 0. The zero-order valence-electron chi connectivity index (χ0n) is 23.5. The second-order valence-electron chi connectivity index (χ2n) is 10.3. The van der Waals surface area contributed by atoms with Crippen molar-refractivity contribution in [1.29, 1.82) is 0 Å². The average molecular weight is 571 g/mol. The van der Waals surface area contributed by atoms with Crippen molar-refractivity contribution in [3.05, 3.63) is 144 Å². The Morgan fingerprint density at radius 1 is 0.524 bits per heavy atom. The Morgan fingerprint density at radius 3 is 1.36 bits per heavy atom. The van der Waals surface area contributed by atoms with E-state index in [1.807, 2.05) is 121 Å². The maximum absolute atomic E-state index is 11.3. The number of hydrogen-bond donors (Lipinski definition) is 2. The second kappa shape index (κ2) is 15.7. The molecule has 4 aromatic carbocycles. The lowest BCUT2D eigenvalue weighted by Crippen LogP contribution is -2.63. The van der Waals surface area contributed by atoms with Gasteiger partial charge in [-0.05, 0) is 22.3 Å². The molecule has 1 fully saturated rings. The predicted octanol–water partition coefficient (Wildman–Crippen LogP) is 5.04. The van der Waals surface area contributed by atoms with Gasteiger partial charge in [0.05, 0.1) is 33.0 Å². The molecule has 220 valence electrons. The van der Waals surface area contributed by atoms with Gasteiger partial charge in [-0.1, -0.05) is 121 Å². The molecular formula is C35H38O7. The molecule has 0 saturated carbocycles. The molecule has 0 aliphatic carbocycles. The van der Waals surface area contributed by atoms with E-state index in [2.05, 4.69) is 0 Å². The quantitative estimate of drug-likeness (QED) is 0.220. The highest BCUT2D eigenvalue weighted by Gasteiger charge is 2.50. The van der Waals surface area contributed by atoms with Crippen molar-refractivity contribution in [3.8, 4) is 0 Å². The van der Waals surface area contributed by atoms with E-state index < -0.39 is 36.8 Å². The summed E-state index contributed by atoms with van der Waals surface area (Å²) in [5.74, 6) is 0. The number of hydrogen-bond acceptors (Lipinski definition) is 7. The van der Waals surface area contributed by atoms with Crippen molar-refractivity contribution in [2.45, 2.75) is 63.2 Å². The number of aliphatic hydroxyl groups is 2. The van der Waals surface area contributed by atoms with E-state index in [1.54, 1.807) is 0 Å². The zero-order chi connectivity index (χ0) is 29.0. The predicted molar refractivity (Wildman–Crippen MR) is 158 cm³/mol. The highest BCUT2D eigenvalue weighted by Crippen LogP contribution is 2.31. The highest BCUT2D eigenvalue weighted by atomic mass is 16.7. The summed E-state index contributed by atoms with van der Waals surface area (Å²) in [6, 6.07) is 39.0. The molecule has 0 radical (unpaired) electrons. The van der Waals surface area contributed by atoms with Crippen LogP contribution in [0.5, 0.6) is 0 Å². The fraction of sp³-hybridized carbons (Fsp3) is 0.314. The maximum Gasteiger partial charge on any atom is 0.184 e. The van der Waals surface area contributed by atoms with Crippen LogP contribution < -0.4 is 0 Å². The molecule has 7 nitrogen and oxygen atoms in total. The van der Waals surface area contributed by atoms with Gasteiger partial charge in [0.1, 0.15) is 30.5 Å². The molecule has 5 rings (SSSR count). The van der Waals surface area contributed by atoms with Crippen LogP contribution in [0.25, 0.3) is 0 Å². The van der Waals surface area contributed by atoms with Crippen LogP contribution in [0.1, 0.15) is 22.3 Å². The lowest BCUT2D eigenvalue weighted by atomic mass is 9.94. The first-order chi connectivity index (χ1) is 20.7. The molecule has 0 amide bonds. The lowest BCUT2D eigenvalue weighted by molar-refractivity contribution is -0.325. The van der Waals surface area contributed by atoms with E-state index in [-0.39, 0.29) is 26.4 Å². The molecule has 0 aromatic heterocycles. The molecule has 4 aromatic rings. The fourth-order valence-corrected chi connectivity index (χ4v) is 4.98. The Labute approximate surface area is 247 Å². The van der Waals surface area contributed by atoms with Crippen LogP contribution >= 0.6 is 0 Å². The van der Waals surface area contributed by atoms with Gasteiger partial charge in [0.15, 0.2) is 6.29 Å². The number of rotatable bonds is 14. The van der Waals surface area contributed by atoms with Crippen molar-refractivity contribution in [2.75, 3.05) is 6.61 Å². The normalized spacial score (nSPS) is 23.0. The molecule has 1 heterocycles. The van der Waals surface area contributed by atoms with Gasteiger partial charge in [0, 0.05) is 0 Å². The summed E-state index contributed by atoms with van der Waals surface area (Å²) < 4.78 is 31.0. The summed E-state index contributed by atoms with van der Waals surface area (Å²) >= 11 is 0. The van der Waals surface area contributed by atoms with E-state index in [0.717, 1.165) is 22.3 Å². The molecule has 2 N–H and O–H groups in total. The molecule has 1 aliphatic rings. The molecule has 1 aliphatic heterocycles. The summed E-state index contributed by atoms with van der Waals surface area (Å²) in [5.41, 5.74) is 3.86. The van der Waals surface area contributed by atoms with Crippen molar-refractivity contribution < 1.29 is 33.9 Å². The van der Waals surface area contributed by atoms with Gasteiger partial charge >= 0.3 is 0 Å². The summed E-state index contributed by atoms with van der Waals surface area (Å²) in [4.78, 5) is 0. The highest BCUT2D eigenvalue weighted by molar-refractivity contribution is 5.16. The molecule has 7 heteroatoms. The first kappa shape index (κ1) is 30.1. The van der Waals surface area contributed by atoms with Crippen molar-refractivity contribution in [2.24, 2.45) is 0 Å². The van der Waals surface area contributed by atoms with E-state index in [4.69, 9.17) is 23.7 Å². The third-order valence-corrected chi connectivity index (χ3v) is 7.18. The Morgan fingerprint density at radius 2 is 0.905 bits per heavy atom. The Kier molecular flexibility index (Phi) is 11.3. The summed E-state index contributed by atoms with van der Waals surface area (Å²) in [5, 5.41) is 22.5. The Bertz CT molecular complexity index is 1290. The molecule has 0 bridgehead atoms. The first-order valence-electron chi connectivity index (χ1n) is 14.3. The third-order valence-electron chi connectivity index (χ3n) is 7.18. The topological polar surface area (TPSA) is 86.6 Å². The van der Waals surface area contributed by atoms with Crippen molar-refractivity contribution in [1.82, 2.24) is 0 Å². The van der Waals surface area contributed by atoms with Gasteiger partial charge in [-0.25, -0.2) is 0 Å². The number of benzene rings is 4. The summed E-state index contributed by atoms with van der Waals surface area (Å²) in [6.07, 6.45) is -5.79. The van der Waals surface area contributed by atoms with Gasteiger partial charge in [0.25, 0.3) is 0 Å². The minimum Gasteiger partial charge on any atom is -0.388 e. The van der Waals surface area contributed by atoms with Crippen molar-refractivity contribution >= 4 is 0 Å². The minimum absolute atomic E-state index is 0.0155. The zero-order valence-corrected chi connectivity index (χ0v) is 23.5. The Hall–Kier alpha value is -3.40. The smallest absolute Gasteiger partial charge is 0.184 e. The first-order valence-corrected chi connectivity index (χ1v) is 14.3. The minimum atomic E-state index is -1.36. The van der Waals surface area contributed by atoms with Gasteiger partial charge in [-0.15, -0.1) is 0 Å². The second-order valence-corrected chi connectivity index (χ2v) is 10.3.